The summed E-state index contributed by atoms with van der Waals surface area (Å²) in [5.74, 6) is -1.38. The zero-order chi connectivity index (χ0) is 11.4. The topological polar surface area (TPSA) is 48.4 Å². The van der Waals surface area contributed by atoms with Crippen molar-refractivity contribution in [2.75, 3.05) is 7.11 Å². The minimum absolute atomic E-state index is 0.0571. The molecule has 0 unspecified atom stereocenters. The molecule has 4 nitrogen and oxygen atoms in total. The standard InChI is InChI=1S/C8H6ClF2NO3/c1-14-7(13)4-2-3-5(9)12-6(4)15-8(10)11/h2-3,8H,1H3. The van der Waals surface area contributed by atoms with Gasteiger partial charge in [0, 0.05) is 0 Å². The van der Waals surface area contributed by atoms with Gasteiger partial charge in [0.25, 0.3) is 0 Å². The van der Waals surface area contributed by atoms with Crippen LogP contribution in [0.2, 0.25) is 5.15 Å². The normalized spacial score (nSPS) is 10.2. The molecule has 0 aromatic carbocycles. The Morgan fingerprint density at radius 1 is 1.53 bits per heavy atom. The highest BCUT2D eigenvalue weighted by Crippen LogP contribution is 2.21. The number of methoxy groups -OCH3 is 1. The minimum Gasteiger partial charge on any atom is -0.465 e. The molecule has 0 aliphatic rings. The summed E-state index contributed by atoms with van der Waals surface area (Å²) in [6.07, 6.45) is 0. The maximum atomic E-state index is 11.9. The molecule has 0 saturated heterocycles. The van der Waals surface area contributed by atoms with Gasteiger partial charge < -0.3 is 9.47 Å². The van der Waals surface area contributed by atoms with Crippen LogP contribution in [0.3, 0.4) is 0 Å². The van der Waals surface area contributed by atoms with E-state index in [1.165, 1.54) is 12.1 Å². The lowest BCUT2D eigenvalue weighted by Crippen LogP contribution is -2.10. The van der Waals surface area contributed by atoms with Crippen LogP contribution in [0.4, 0.5) is 8.78 Å². The van der Waals surface area contributed by atoms with E-state index in [-0.39, 0.29) is 10.7 Å². The number of carbonyl (C=O) groups is 1. The van der Waals surface area contributed by atoms with E-state index in [1.54, 1.807) is 0 Å². The van der Waals surface area contributed by atoms with Gasteiger partial charge in [0.05, 0.1) is 7.11 Å². The monoisotopic (exact) mass is 237 g/mol. The molecule has 0 aliphatic heterocycles. The lowest BCUT2D eigenvalue weighted by atomic mass is 10.3. The van der Waals surface area contributed by atoms with Crippen LogP contribution < -0.4 is 4.74 Å². The van der Waals surface area contributed by atoms with E-state index < -0.39 is 18.5 Å². The second-order valence-corrected chi connectivity index (χ2v) is 2.74. The Bertz CT molecular complexity index is 373. The van der Waals surface area contributed by atoms with Crippen molar-refractivity contribution < 1.29 is 23.0 Å². The van der Waals surface area contributed by atoms with Crippen molar-refractivity contribution in [3.63, 3.8) is 0 Å². The smallest absolute Gasteiger partial charge is 0.388 e. The number of alkyl halides is 2. The van der Waals surface area contributed by atoms with Gasteiger partial charge >= 0.3 is 12.6 Å². The van der Waals surface area contributed by atoms with Crippen LogP contribution in [0.25, 0.3) is 0 Å². The lowest BCUT2D eigenvalue weighted by Gasteiger charge is -2.07. The summed E-state index contributed by atoms with van der Waals surface area (Å²) in [6, 6.07) is 2.46. The van der Waals surface area contributed by atoms with Crippen LogP contribution in [-0.4, -0.2) is 24.7 Å². The quantitative estimate of drug-likeness (QED) is 0.597. The van der Waals surface area contributed by atoms with Gasteiger partial charge in [-0.25, -0.2) is 9.78 Å². The van der Waals surface area contributed by atoms with Crippen LogP contribution in [0.1, 0.15) is 10.4 Å². The molecule has 1 rings (SSSR count). The minimum atomic E-state index is -3.08. The molecular formula is C8H6ClF2NO3. The molecule has 1 aromatic rings. The number of nitrogens with zero attached hydrogens (tertiary/aromatic N) is 1. The molecule has 0 fully saturated rings. The van der Waals surface area contributed by atoms with E-state index in [4.69, 9.17) is 11.6 Å². The van der Waals surface area contributed by atoms with Crippen molar-refractivity contribution in [1.29, 1.82) is 0 Å². The first-order valence-electron chi connectivity index (χ1n) is 3.74. The third kappa shape index (κ3) is 3.02. The fourth-order valence-electron chi connectivity index (χ4n) is 0.857. The third-order valence-electron chi connectivity index (χ3n) is 1.43. The van der Waals surface area contributed by atoms with Crippen molar-refractivity contribution in [2.45, 2.75) is 6.61 Å². The summed E-state index contributed by atoms with van der Waals surface area (Å²) in [7, 11) is 1.11. The molecule has 82 valence electrons. The Hall–Kier alpha value is -1.43. The summed E-state index contributed by atoms with van der Waals surface area (Å²) in [6.45, 7) is -3.08. The predicted molar refractivity (Wildman–Crippen MR) is 47.2 cm³/mol. The average molecular weight is 238 g/mol. The van der Waals surface area contributed by atoms with Crippen molar-refractivity contribution >= 4 is 17.6 Å². The van der Waals surface area contributed by atoms with Crippen LogP contribution >= 0.6 is 11.6 Å². The van der Waals surface area contributed by atoms with E-state index in [2.05, 4.69) is 14.5 Å². The lowest BCUT2D eigenvalue weighted by molar-refractivity contribution is -0.0534. The molecule has 0 bridgehead atoms. The Kier molecular flexibility index (Phi) is 3.79. The Labute approximate surface area is 88.8 Å². The number of esters is 1. The van der Waals surface area contributed by atoms with Gasteiger partial charge in [0.2, 0.25) is 5.88 Å². The molecule has 7 heteroatoms. The SMILES string of the molecule is COC(=O)c1ccc(Cl)nc1OC(F)F. The summed E-state index contributed by atoms with van der Waals surface area (Å²) in [5.41, 5.74) is -0.206. The molecule has 0 aliphatic carbocycles. The zero-order valence-corrected chi connectivity index (χ0v) is 8.29. The first kappa shape index (κ1) is 11.6. The number of rotatable bonds is 3. The van der Waals surface area contributed by atoms with Gasteiger partial charge in [0.15, 0.2) is 0 Å². The van der Waals surface area contributed by atoms with Crippen LogP contribution in [-0.2, 0) is 4.74 Å². The first-order chi connectivity index (χ1) is 7.04. The summed E-state index contributed by atoms with van der Waals surface area (Å²) in [4.78, 5) is 14.5. The van der Waals surface area contributed by atoms with E-state index >= 15 is 0 Å². The number of pyridine rings is 1. The molecule has 0 spiro atoms. The number of carbonyl (C=O) groups excluding carboxylic acids is 1. The summed E-state index contributed by atoms with van der Waals surface area (Å²) >= 11 is 5.46. The van der Waals surface area contributed by atoms with Gasteiger partial charge in [-0.3, -0.25) is 0 Å². The number of hydrogen-bond donors (Lipinski definition) is 0. The maximum Gasteiger partial charge on any atom is 0.388 e. The van der Waals surface area contributed by atoms with Gasteiger partial charge in [-0.15, -0.1) is 0 Å². The van der Waals surface area contributed by atoms with Crippen molar-refractivity contribution in [3.05, 3.63) is 22.8 Å². The number of ether oxygens (including phenoxy) is 2. The van der Waals surface area contributed by atoms with Crippen LogP contribution in [0.5, 0.6) is 5.88 Å². The van der Waals surface area contributed by atoms with Crippen molar-refractivity contribution in [3.8, 4) is 5.88 Å². The molecule has 1 aromatic heterocycles. The van der Waals surface area contributed by atoms with Crippen molar-refractivity contribution in [1.82, 2.24) is 4.98 Å². The fraction of sp³-hybridized carbons (Fsp3) is 0.250. The summed E-state index contributed by atoms with van der Waals surface area (Å²) < 4.78 is 32.3. The molecule has 0 N–H and O–H groups in total. The summed E-state index contributed by atoms with van der Waals surface area (Å²) in [5, 5.41) is -0.0571. The fourth-order valence-corrected chi connectivity index (χ4v) is 0.997. The van der Waals surface area contributed by atoms with Crippen LogP contribution in [0.15, 0.2) is 12.1 Å². The zero-order valence-electron chi connectivity index (χ0n) is 7.54. The number of aromatic nitrogens is 1. The Morgan fingerprint density at radius 2 is 2.20 bits per heavy atom. The highest BCUT2D eigenvalue weighted by atomic mass is 35.5. The predicted octanol–water partition coefficient (Wildman–Crippen LogP) is 2.12. The highest BCUT2D eigenvalue weighted by Gasteiger charge is 2.18. The van der Waals surface area contributed by atoms with E-state index in [0.717, 1.165) is 7.11 Å². The third-order valence-corrected chi connectivity index (χ3v) is 1.64. The molecular weight excluding hydrogens is 232 g/mol. The van der Waals surface area contributed by atoms with Crippen LogP contribution in [0, 0.1) is 0 Å². The molecule has 0 atom stereocenters. The highest BCUT2D eigenvalue weighted by molar-refractivity contribution is 6.29. The van der Waals surface area contributed by atoms with E-state index in [1.807, 2.05) is 0 Å². The van der Waals surface area contributed by atoms with E-state index in [9.17, 15) is 13.6 Å². The Balaban J connectivity index is 3.08. The maximum absolute atomic E-state index is 11.9. The molecule has 0 radical (unpaired) electrons. The van der Waals surface area contributed by atoms with Crippen molar-refractivity contribution in [2.24, 2.45) is 0 Å². The average Bonchev–Trinajstić information content (AvgIpc) is 2.16. The van der Waals surface area contributed by atoms with E-state index in [0.29, 0.717) is 0 Å². The van der Waals surface area contributed by atoms with Gasteiger partial charge in [-0.05, 0) is 12.1 Å². The Morgan fingerprint density at radius 3 is 2.73 bits per heavy atom. The largest absolute Gasteiger partial charge is 0.465 e. The molecule has 1 heterocycles. The second-order valence-electron chi connectivity index (χ2n) is 2.36. The number of hydrogen-bond acceptors (Lipinski definition) is 4. The molecule has 15 heavy (non-hydrogen) atoms. The number of halogens is 3. The van der Waals surface area contributed by atoms with Gasteiger partial charge in [0.1, 0.15) is 10.7 Å². The second kappa shape index (κ2) is 4.88. The molecule has 0 amide bonds. The molecule has 0 saturated carbocycles. The first-order valence-corrected chi connectivity index (χ1v) is 4.12. The van der Waals surface area contributed by atoms with Gasteiger partial charge in [-0.2, -0.15) is 8.78 Å². The van der Waals surface area contributed by atoms with Gasteiger partial charge in [-0.1, -0.05) is 11.6 Å².